The molecule has 0 unspecified atom stereocenters. The standard InChI is InChI=1S/C33H28BrN5O3S2/c1-18(2)21-10-12-22(13-11-21)28-27(29(40)38-23-8-6-5-7-9-23)20(4)37-33-39(28)30(41)26(43-33)17-24-16-25(34)31(42-24)44-32-35-15-14-19(3)36-32/h5-18,28H,1-4H3,(H,38,40)/b26-17+/t28-/m1/s1. The first-order valence-corrected chi connectivity index (χ1v) is 16.4. The lowest BCUT2D eigenvalue weighted by Crippen LogP contribution is -2.40. The van der Waals surface area contributed by atoms with E-state index >= 15 is 0 Å². The summed E-state index contributed by atoms with van der Waals surface area (Å²) in [4.78, 5) is 41.8. The molecular weight excluding hydrogens is 658 g/mol. The van der Waals surface area contributed by atoms with E-state index in [0.29, 0.717) is 48.2 Å². The van der Waals surface area contributed by atoms with Crippen LogP contribution in [-0.4, -0.2) is 20.4 Å². The molecule has 1 N–H and O–H groups in total. The van der Waals surface area contributed by atoms with Gasteiger partial charge in [0, 0.05) is 23.7 Å². The first kappa shape index (κ1) is 30.0. The molecule has 0 fully saturated rings. The number of carbonyl (C=O) groups excluding carboxylic acids is 1. The van der Waals surface area contributed by atoms with Gasteiger partial charge in [0.25, 0.3) is 11.5 Å². The van der Waals surface area contributed by atoms with Gasteiger partial charge in [0.15, 0.2) is 15.1 Å². The van der Waals surface area contributed by atoms with Gasteiger partial charge in [-0.05, 0) is 82.8 Å². The SMILES string of the molecule is CC1=C(C(=O)Nc2ccccc2)[C@@H](c2ccc(C(C)C)cc2)n2c(s/c(=C/c3cc(Br)c(Sc4nccc(C)n4)o3)c2=O)=N1. The number of aryl methyl sites for hydroxylation is 1. The second-order valence-corrected chi connectivity index (χ2v) is 13.4. The van der Waals surface area contributed by atoms with Gasteiger partial charge in [0.1, 0.15) is 5.76 Å². The largest absolute Gasteiger partial charge is 0.449 e. The molecule has 1 aliphatic heterocycles. The molecule has 44 heavy (non-hydrogen) atoms. The number of anilines is 1. The van der Waals surface area contributed by atoms with E-state index in [1.165, 1.54) is 28.7 Å². The molecule has 0 bridgehead atoms. The molecule has 4 heterocycles. The fraction of sp³-hybridized carbons (Fsp3) is 0.182. The van der Waals surface area contributed by atoms with Crippen LogP contribution in [0.25, 0.3) is 6.08 Å². The minimum Gasteiger partial charge on any atom is -0.449 e. The molecule has 11 heteroatoms. The predicted molar refractivity (Wildman–Crippen MR) is 177 cm³/mol. The molecule has 0 saturated heterocycles. The minimum atomic E-state index is -0.661. The van der Waals surface area contributed by atoms with Crippen LogP contribution in [-0.2, 0) is 4.79 Å². The molecule has 6 rings (SSSR count). The number of nitrogens with one attached hydrogen (secondary N) is 1. The maximum absolute atomic E-state index is 14.1. The quantitative estimate of drug-likeness (QED) is 0.194. The highest BCUT2D eigenvalue weighted by Gasteiger charge is 2.32. The van der Waals surface area contributed by atoms with E-state index in [4.69, 9.17) is 9.41 Å². The van der Waals surface area contributed by atoms with Crippen molar-refractivity contribution in [3.63, 3.8) is 0 Å². The molecule has 2 aromatic carbocycles. The third kappa shape index (κ3) is 6.12. The van der Waals surface area contributed by atoms with Gasteiger partial charge in [-0.2, -0.15) is 0 Å². The summed E-state index contributed by atoms with van der Waals surface area (Å²) in [5.41, 5.74) is 4.24. The third-order valence-corrected chi connectivity index (χ3v) is 9.82. The number of nitrogens with zero attached hydrogens (tertiary/aromatic N) is 4. The lowest BCUT2D eigenvalue weighted by atomic mass is 9.93. The molecule has 0 saturated carbocycles. The summed E-state index contributed by atoms with van der Waals surface area (Å²) in [6.07, 6.45) is 3.41. The van der Waals surface area contributed by atoms with Crippen LogP contribution in [0.5, 0.6) is 0 Å². The Kier molecular flexibility index (Phi) is 8.53. The van der Waals surface area contributed by atoms with Crippen molar-refractivity contribution in [1.29, 1.82) is 0 Å². The number of rotatable bonds is 7. The van der Waals surface area contributed by atoms with Crippen molar-refractivity contribution in [2.75, 3.05) is 5.32 Å². The molecule has 1 aliphatic rings. The van der Waals surface area contributed by atoms with Gasteiger partial charge in [-0.3, -0.25) is 14.2 Å². The Labute approximate surface area is 270 Å². The molecule has 0 aliphatic carbocycles. The van der Waals surface area contributed by atoms with E-state index in [2.05, 4.69) is 57.2 Å². The Morgan fingerprint density at radius 3 is 2.57 bits per heavy atom. The number of benzene rings is 2. The Hall–Kier alpha value is -4.06. The molecule has 3 aromatic heterocycles. The lowest BCUT2D eigenvalue weighted by molar-refractivity contribution is -0.113. The van der Waals surface area contributed by atoms with Gasteiger partial charge >= 0.3 is 0 Å². The molecule has 0 spiro atoms. The van der Waals surface area contributed by atoms with Gasteiger partial charge in [-0.1, -0.05) is 67.6 Å². The first-order chi connectivity index (χ1) is 21.2. The van der Waals surface area contributed by atoms with Crippen LogP contribution in [0.3, 0.4) is 0 Å². The van der Waals surface area contributed by atoms with Crippen molar-refractivity contribution >= 4 is 56.7 Å². The fourth-order valence-electron chi connectivity index (χ4n) is 4.91. The van der Waals surface area contributed by atoms with E-state index in [1.54, 1.807) is 16.8 Å². The van der Waals surface area contributed by atoms with E-state index in [1.807, 2.05) is 68.4 Å². The number of hydrogen-bond donors (Lipinski definition) is 1. The zero-order valence-electron chi connectivity index (χ0n) is 24.4. The number of halogens is 1. The van der Waals surface area contributed by atoms with Crippen LogP contribution >= 0.6 is 39.0 Å². The van der Waals surface area contributed by atoms with Crippen LogP contribution in [0.2, 0.25) is 0 Å². The number of hydrogen-bond acceptors (Lipinski definition) is 8. The van der Waals surface area contributed by atoms with Gasteiger partial charge in [-0.25, -0.2) is 15.0 Å². The van der Waals surface area contributed by atoms with Gasteiger partial charge in [0.05, 0.1) is 26.3 Å². The van der Waals surface area contributed by atoms with Crippen LogP contribution in [0.4, 0.5) is 5.69 Å². The summed E-state index contributed by atoms with van der Waals surface area (Å²) >= 11 is 6.11. The highest BCUT2D eigenvalue weighted by atomic mass is 79.9. The van der Waals surface area contributed by atoms with Crippen molar-refractivity contribution in [2.24, 2.45) is 4.99 Å². The molecule has 5 aromatic rings. The molecule has 8 nitrogen and oxygen atoms in total. The average Bonchev–Trinajstić information content (AvgIpc) is 3.49. The summed E-state index contributed by atoms with van der Waals surface area (Å²) < 4.78 is 8.86. The van der Waals surface area contributed by atoms with E-state index < -0.39 is 6.04 Å². The first-order valence-electron chi connectivity index (χ1n) is 13.9. The lowest BCUT2D eigenvalue weighted by Gasteiger charge is -2.25. The molecular formula is C33H28BrN5O3S2. The van der Waals surface area contributed by atoms with Crippen molar-refractivity contribution < 1.29 is 9.21 Å². The number of para-hydroxylation sites is 1. The van der Waals surface area contributed by atoms with E-state index in [0.717, 1.165) is 15.7 Å². The van der Waals surface area contributed by atoms with Crippen molar-refractivity contribution in [1.82, 2.24) is 14.5 Å². The fourth-order valence-corrected chi connectivity index (χ4v) is 7.25. The Morgan fingerprint density at radius 1 is 1.11 bits per heavy atom. The Morgan fingerprint density at radius 2 is 1.86 bits per heavy atom. The summed E-state index contributed by atoms with van der Waals surface area (Å²) in [6, 6.07) is 20.3. The summed E-state index contributed by atoms with van der Waals surface area (Å²) in [5.74, 6) is 0.532. The second-order valence-electron chi connectivity index (χ2n) is 10.6. The summed E-state index contributed by atoms with van der Waals surface area (Å²) in [6.45, 7) is 7.97. The van der Waals surface area contributed by atoms with Crippen molar-refractivity contribution in [3.8, 4) is 0 Å². The molecule has 1 atom stereocenters. The van der Waals surface area contributed by atoms with E-state index in [9.17, 15) is 9.59 Å². The number of fused-ring (bicyclic) bond motifs is 1. The van der Waals surface area contributed by atoms with Crippen LogP contribution in [0.15, 0.2) is 113 Å². The van der Waals surface area contributed by atoms with Gasteiger partial charge in [-0.15, -0.1) is 0 Å². The number of allylic oxidation sites excluding steroid dienone is 1. The average molecular weight is 687 g/mol. The zero-order chi connectivity index (χ0) is 31.0. The Bertz CT molecular complexity index is 2080. The molecule has 222 valence electrons. The normalized spacial score (nSPS) is 15.0. The number of amides is 1. The molecule has 0 radical (unpaired) electrons. The predicted octanol–water partition coefficient (Wildman–Crippen LogP) is 6.60. The van der Waals surface area contributed by atoms with Crippen LogP contribution in [0, 0.1) is 6.92 Å². The number of aromatic nitrogens is 3. The van der Waals surface area contributed by atoms with Crippen LogP contribution in [0.1, 0.15) is 55.3 Å². The zero-order valence-corrected chi connectivity index (χ0v) is 27.6. The smallest absolute Gasteiger partial charge is 0.271 e. The maximum atomic E-state index is 14.1. The highest BCUT2D eigenvalue weighted by molar-refractivity contribution is 9.10. The van der Waals surface area contributed by atoms with Gasteiger partial charge in [0.2, 0.25) is 0 Å². The van der Waals surface area contributed by atoms with Crippen molar-refractivity contribution in [2.45, 2.75) is 49.9 Å². The number of carbonyl (C=O) groups is 1. The third-order valence-electron chi connectivity index (χ3n) is 7.12. The van der Waals surface area contributed by atoms with E-state index in [-0.39, 0.29) is 11.5 Å². The molecule has 1 amide bonds. The van der Waals surface area contributed by atoms with Crippen molar-refractivity contribution in [3.05, 3.63) is 131 Å². The highest BCUT2D eigenvalue weighted by Crippen LogP contribution is 2.35. The summed E-state index contributed by atoms with van der Waals surface area (Å²) in [7, 11) is 0. The topological polar surface area (TPSA) is 102 Å². The number of furan rings is 1. The Balaban J connectivity index is 1.43. The monoisotopic (exact) mass is 685 g/mol. The van der Waals surface area contributed by atoms with Gasteiger partial charge < -0.3 is 9.73 Å². The second kappa shape index (κ2) is 12.5. The number of thiazole rings is 1. The summed E-state index contributed by atoms with van der Waals surface area (Å²) in [5, 5.41) is 4.13. The minimum absolute atomic E-state index is 0.257. The van der Waals surface area contributed by atoms with Crippen LogP contribution < -0.4 is 20.2 Å². The maximum Gasteiger partial charge on any atom is 0.271 e.